The molecule has 3 atom stereocenters. The fourth-order valence-electron chi connectivity index (χ4n) is 3.12. The van der Waals surface area contributed by atoms with E-state index in [1.807, 2.05) is 12.1 Å². The quantitative estimate of drug-likeness (QED) is 0.853. The number of nitrogens with one attached hydrogen (secondary N) is 1. The van der Waals surface area contributed by atoms with Gasteiger partial charge in [0.05, 0.1) is 18.2 Å². The first-order chi connectivity index (χ1) is 8.26. The van der Waals surface area contributed by atoms with E-state index in [0.717, 1.165) is 12.8 Å². The molecule has 1 aromatic rings. The molecule has 1 N–H and O–H groups in total. The molecule has 0 radical (unpaired) electrons. The molecule has 0 bridgehead atoms. The van der Waals surface area contributed by atoms with E-state index in [-0.39, 0.29) is 17.8 Å². The van der Waals surface area contributed by atoms with Gasteiger partial charge < -0.3 is 9.57 Å². The fraction of sp³-hybridized carbons (Fsp3) is 0.538. The van der Waals surface area contributed by atoms with Gasteiger partial charge in [-0.25, -0.2) is 4.39 Å². The molecule has 3 unspecified atom stereocenters. The Bertz CT molecular complexity index is 426. The van der Waals surface area contributed by atoms with E-state index in [9.17, 15) is 4.39 Å². The number of fused-ring (bicyclic) bond motifs is 1. The molecule has 0 amide bonds. The van der Waals surface area contributed by atoms with Gasteiger partial charge in [0, 0.05) is 18.6 Å². The summed E-state index contributed by atoms with van der Waals surface area (Å²) in [6.07, 6.45) is 1.85. The highest BCUT2D eigenvalue weighted by molar-refractivity contribution is 5.30. The van der Waals surface area contributed by atoms with Gasteiger partial charge in [-0.3, -0.25) is 0 Å². The molecule has 2 fully saturated rings. The van der Waals surface area contributed by atoms with Crippen molar-refractivity contribution in [3.05, 3.63) is 35.6 Å². The lowest BCUT2D eigenvalue weighted by atomic mass is 9.82. The van der Waals surface area contributed by atoms with Gasteiger partial charge in [0.15, 0.2) is 0 Å². The summed E-state index contributed by atoms with van der Waals surface area (Å²) >= 11 is 0. The molecular weight excluding hydrogens is 221 g/mol. The second kappa shape index (κ2) is 4.05. The largest absolute Gasteiger partial charge is 0.381 e. The molecule has 2 aliphatic rings. The highest BCUT2D eigenvalue weighted by Gasteiger charge is 2.53. The molecule has 92 valence electrons. The summed E-state index contributed by atoms with van der Waals surface area (Å²) in [4.78, 5) is 5.34. The van der Waals surface area contributed by atoms with Gasteiger partial charge in [0.2, 0.25) is 0 Å². The topological polar surface area (TPSA) is 30.5 Å². The maximum absolute atomic E-state index is 14.0. The van der Waals surface area contributed by atoms with Crippen molar-refractivity contribution in [2.45, 2.75) is 24.5 Å². The predicted molar refractivity (Wildman–Crippen MR) is 60.7 cm³/mol. The Balaban J connectivity index is 2.02. The van der Waals surface area contributed by atoms with Gasteiger partial charge in [-0.2, -0.15) is 5.48 Å². The number of halogens is 1. The van der Waals surface area contributed by atoms with Gasteiger partial charge in [-0.15, -0.1) is 0 Å². The minimum Gasteiger partial charge on any atom is -0.381 e. The Hall–Kier alpha value is -0.970. The lowest BCUT2D eigenvalue weighted by Crippen LogP contribution is -2.39. The summed E-state index contributed by atoms with van der Waals surface area (Å²) < 4.78 is 19.4. The van der Waals surface area contributed by atoms with E-state index in [1.54, 1.807) is 13.2 Å². The third-order valence-electron chi connectivity index (χ3n) is 4.02. The van der Waals surface area contributed by atoms with E-state index in [2.05, 4.69) is 5.48 Å². The van der Waals surface area contributed by atoms with Crippen molar-refractivity contribution < 1.29 is 14.0 Å². The highest BCUT2D eigenvalue weighted by atomic mass is 19.1. The zero-order chi connectivity index (χ0) is 11.9. The van der Waals surface area contributed by atoms with Crippen LogP contribution in [0.25, 0.3) is 0 Å². The van der Waals surface area contributed by atoms with Gasteiger partial charge in [-0.05, 0) is 18.9 Å². The average Bonchev–Trinajstić information content (AvgIpc) is 2.86. The van der Waals surface area contributed by atoms with Crippen LogP contribution in [0.4, 0.5) is 4.39 Å². The minimum absolute atomic E-state index is 0.174. The van der Waals surface area contributed by atoms with Crippen LogP contribution in [0, 0.1) is 11.7 Å². The summed E-state index contributed by atoms with van der Waals surface area (Å²) in [6, 6.07) is 6.91. The number of hydroxylamine groups is 1. The van der Waals surface area contributed by atoms with E-state index in [4.69, 9.17) is 9.57 Å². The zero-order valence-electron chi connectivity index (χ0n) is 9.78. The molecule has 1 saturated heterocycles. The number of hydrogen-bond donors (Lipinski definition) is 1. The number of methoxy groups -OCH3 is 1. The molecule has 3 rings (SSSR count). The van der Waals surface area contributed by atoms with E-state index in [1.165, 1.54) is 6.07 Å². The fourth-order valence-corrected chi connectivity index (χ4v) is 3.12. The predicted octanol–water partition coefficient (Wildman–Crippen LogP) is 1.98. The molecule has 1 heterocycles. The molecule has 1 aromatic carbocycles. The summed E-state index contributed by atoms with van der Waals surface area (Å²) in [5.41, 5.74) is 3.32. The minimum atomic E-state index is -0.411. The van der Waals surface area contributed by atoms with E-state index >= 15 is 0 Å². The maximum atomic E-state index is 14.0. The van der Waals surface area contributed by atoms with Crippen LogP contribution in [-0.4, -0.2) is 19.8 Å². The third-order valence-corrected chi connectivity index (χ3v) is 4.02. The Kier molecular flexibility index (Phi) is 2.65. The number of ether oxygens (including phenoxy) is 1. The van der Waals surface area contributed by atoms with Crippen LogP contribution in [0.5, 0.6) is 0 Å². The van der Waals surface area contributed by atoms with Crippen molar-refractivity contribution in [3.63, 3.8) is 0 Å². The number of rotatable bonds is 2. The average molecular weight is 237 g/mol. The molecule has 17 heavy (non-hydrogen) atoms. The standard InChI is InChI=1S/C13H16FNO2/c1-16-10-6-9-8-17-15-13(9,7-10)11-4-2-3-5-12(11)14/h2-5,9-10,15H,6-8H2,1H3. The van der Waals surface area contributed by atoms with Crippen molar-refractivity contribution in [2.24, 2.45) is 5.92 Å². The van der Waals surface area contributed by atoms with Crippen molar-refractivity contribution in [1.82, 2.24) is 5.48 Å². The van der Waals surface area contributed by atoms with Crippen LogP contribution in [-0.2, 0) is 15.1 Å². The van der Waals surface area contributed by atoms with Crippen molar-refractivity contribution in [1.29, 1.82) is 0 Å². The van der Waals surface area contributed by atoms with Crippen LogP contribution >= 0.6 is 0 Å². The van der Waals surface area contributed by atoms with E-state index in [0.29, 0.717) is 12.2 Å². The first-order valence-corrected chi connectivity index (χ1v) is 5.93. The molecular formula is C13H16FNO2. The normalized spacial score (nSPS) is 36.1. The number of hydrogen-bond acceptors (Lipinski definition) is 3. The second-order valence-corrected chi connectivity index (χ2v) is 4.86. The highest BCUT2D eigenvalue weighted by Crippen LogP contribution is 2.48. The summed E-state index contributed by atoms with van der Waals surface area (Å²) in [6.45, 7) is 0.619. The molecule has 1 aliphatic heterocycles. The van der Waals surface area contributed by atoms with Gasteiger partial charge in [0.25, 0.3) is 0 Å². The van der Waals surface area contributed by atoms with Crippen molar-refractivity contribution in [2.75, 3.05) is 13.7 Å². The summed E-state index contributed by atoms with van der Waals surface area (Å²) in [7, 11) is 1.71. The molecule has 1 saturated carbocycles. The lowest BCUT2D eigenvalue weighted by Gasteiger charge is -2.28. The molecule has 0 aromatic heterocycles. The van der Waals surface area contributed by atoms with Crippen LogP contribution < -0.4 is 5.48 Å². The van der Waals surface area contributed by atoms with Crippen LogP contribution in [0.3, 0.4) is 0 Å². The molecule has 4 heteroatoms. The Morgan fingerprint density at radius 1 is 1.47 bits per heavy atom. The van der Waals surface area contributed by atoms with Crippen LogP contribution in [0.2, 0.25) is 0 Å². The first kappa shape index (κ1) is 11.1. The Morgan fingerprint density at radius 3 is 3.06 bits per heavy atom. The first-order valence-electron chi connectivity index (χ1n) is 5.93. The van der Waals surface area contributed by atoms with Crippen LogP contribution in [0.15, 0.2) is 24.3 Å². The zero-order valence-corrected chi connectivity index (χ0v) is 9.78. The molecule has 3 nitrogen and oxygen atoms in total. The second-order valence-electron chi connectivity index (χ2n) is 4.86. The monoisotopic (exact) mass is 237 g/mol. The van der Waals surface area contributed by atoms with E-state index < -0.39 is 5.54 Å². The molecule has 0 spiro atoms. The SMILES string of the molecule is COC1CC2CONC2(c2ccccc2F)C1. The van der Waals surface area contributed by atoms with Gasteiger partial charge in [0.1, 0.15) is 5.82 Å². The molecule has 1 aliphatic carbocycles. The smallest absolute Gasteiger partial charge is 0.128 e. The third kappa shape index (κ3) is 1.59. The lowest BCUT2D eigenvalue weighted by molar-refractivity contribution is 0.0271. The Labute approximate surface area is 99.9 Å². The van der Waals surface area contributed by atoms with Gasteiger partial charge >= 0.3 is 0 Å². The van der Waals surface area contributed by atoms with Gasteiger partial charge in [-0.1, -0.05) is 18.2 Å². The van der Waals surface area contributed by atoms with Crippen LogP contribution in [0.1, 0.15) is 18.4 Å². The number of benzene rings is 1. The van der Waals surface area contributed by atoms with Crippen molar-refractivity contribution in [3.8, 4) is 0 Å². The van der Waals surface area contributed by atoms with Crippen molar-refractivity contribution >= 4 is 0 Å². The summed E-state index contributed by atoms with van der Waals surface area (Å²) in [5, 5.41) is 0. The summed E-state index contributed by atoms with van der Waals surface area (Å²) in [5.74, 6) is 0.108. The Morgan fingerprint density at radius 2 is 2.29 bits per heavy atom. The maximum Gasteiger partial charge on any atom is 0.128 e.